The zero-order valence-electron chi connectivity index (χ0n) is 14.4. The number of carbonyl (C=O) groups excluding carboxylic acids is 1. The van der Waals surface area contributed by atoms with Crippen LogP contribution in [0.3, 0.4) is 0 Å². The summed E-state index contributed by atoms with van der Waals surface area (Å²) in [6.07, 6.45) is 5.23. The van der Waals surface area contributed by atoms with E-state index in [2.05, 4.69) is 38.4 Å². The van der Waals surface area contributed by atoms with E-state index in [9.17, 15) is 4.79 Å². The van der Waals surface area contributed by atoms with Crippen LogP contribution < -0.4 is 5.32 Å². The normalized spacial score (nSPS) is 13.0. The average Bonchev–Trinajstić information content (AvgIpc) is 2.86. The van der Waals surface area contributed by atoms with Crippen molar-refractivity contribution in [3.05, 3.63) is 24.0 Å². The third-order valence-electron chi connectivity index (χ3n) is 3.90. The zero-order chi connectivity index (χ0) is 16.0. The van der Waals surface area contributed by atoms with Gasteiger partial charge >= 0.3 is 0 Å². The predicted octanol–water partition coefficient (Wildman–Crippen LogP) is 3.05. The molecular weight excluding hydrogens is 262 g/mol. The van der Waals surface area contributed by atoms with Gasteiger partial charge in [-0.2, -0.15) is 0 Å². The van der Waals surface area contributed by atoms with Crippen LogP contribution in [-0.2, 0) is 11.3 Å². The van der Waals surface area contributed by atoms with E-state index in [1.807, 2.05) is 31.7 Å². The highest BCUT2D eigenvalue weighted by Crippen LogP contribution is 2.22. The molecule has 0 saturated carbocycles. The van der Waals surface area contributed by atoms with Crippen molar-refractivity contribution in [1.29, 1.82) is 0 Å². The molecule has 1 unspecified atom stereocenters. The molecule has 21 heavy (non-hydrogen) atoms. The number of aromatic nitrogens is 1. The fourth-order valence-corrected chi connectivity index (χ4v) is 2.34. The molecule has 1 amide bonds. The Morgan fingerprint density at radius 1 is 1.33 bits per heavy atom. The van der Waals surface area contributed by atoms with E-state index in [4.69, 9.17) is 0 Å². The second-order valence-corrected chi connectivity index (χ2v) is 6.39. The van der Waals surface area contributed by atoms with Gasteiger partial charge in [0.15, 0.2) is 0 Å². The van der Waals surface area contributed by atoms with Crippen molar-refractivity contribution >= 4 is 5.91 Å². The Balaban J connectivity index is 2.73. The van der Waals surface area contributed by atoms with Gasteiger partial charge in [0.05, 0.1) is 0 Å². The van der Waals surface area contributed by atoms with Crippen LogP contribution in [0.15, 0.2) is 18.5 Å². The zero-order valence-corrected chi connectivity index (χ0v) is 14.4. The van der Waals surface area contributed by atoms with Gasteiger partial charge in [-0.3, -0.25) is 4.79 Å². The fourth-order valence-electron chi connectivity index (χ4n) is 2.34. The van der Waals surface area contributed by atoms with Crippen molar-refractivity contribution in [3.8, 4) is 0 Å². The van der Waals surface area contributed by atoms with Gasteiger partial charge in [-0.1, -0.05) is 20.8 Å². The van der Waals surface area contributed by atoms with Crippen LogP contribution in [0.2, 0.25) is 0 Å². The number of likely N-dealkylation sites (N-methyl/N-ethyl adjacent to an activating group) is 1. The molecule has 4 nitrogen and oxygen atoms in total. The SMILES string of the molecule is CCCNC(c1ccn(CC(=O)N(C)C(C)C)c1)C(C)C. The molecular formula is C17H31N3O. The predicted molar refractivity (Wildman–Crippen MR) is 88.2 cm³/mol. The molecule has 0 spiro atoms. The van der Waals surface area contributed by atoms with Crippen LogP contribution in [0.25, 0.3) is 0 Å². The first kappa shape index (κ1) is 17.8. The second kappa shape index (κ2) is 8.23. The number of nitrogens with one attached hydrogen (secondary N) is 1. The highest BCUT2D eigenvalue weighted by molar-refractivity contribution is 5.76. The second-order valence-electron chi connectivity index (χ2n) is 6.39. The number of carbonyl (C=O) groups is 1. The average molecular weight is 293 g/mol. The van der Waals surface area contributed by atoms with Gasteiger partial charge in [0, 0.05) is 31.5 Å². The summed E-state index contributed by atoms with van der Waals surface area (Å²) in [5, 5.41) is 3.58. The molecule has 1 aromatic rings. The van der Waals surface area contributed by atoms with E-state index in [0.29, 0.717) is 18.5 Å². The van der Waals surface area contributed by atoms with Crippen LogP contribution in [0.4, 0.5) is 0 Å². The smallest absolute Gasteiger partial charge is 0.242 e. The highest BCUT2D eigenvalue weighted by Gasteiger charge is 2.17. The van der Waals surface area contributed by atoms with Crippen molar-refractivity contribution in [1.82, 2.24) is 14.8 Å². The quantitative estimate of drug-likeness (QED) is 0.800. The Morgan fingerprint density at radius 2 is 2.00 bits per heavy atom. The topological polar surface area (TPSA) is 37.3 Å². The van der Waals surface area contributed by atoms with Crippen LogP contribution in [0.5, 0.6) is 0 Å². The number of nitrogens with zero attached hydrogens (tertiary/aromatic N) is 2. The van der Waals surface area contributed by atoms with Gasteiger partial charge in [-0.15, -0.1) is 0 Å². The first-order valence-electron chi connectivity index (χ1n) is 8.01. The van der Waals surface area contributed by atoms with Gasteiger partial charge in [-0.05, 0) is 44.4 Å². The standard InChI is InChI=1S/C17H31N3O/c1-7-9-18-17(13(2)3)15-8-10-20(11-15)12-16(21)19(6)14(4)5/h8,10-11,13-14,17-18H,7,9,12H2,1-6H3. The molecule has 0 aromatic carbocycles. The molecule has 1 atom stereocenters. The van der Waals surface area contributed by atoms with Crippen molar-refractivity contribution in [2.45, 2.75) is 59.7 Å². The Bertz CT molecular complexity index is 437. The number of hydrogen-bond donors (Lipinski definition) is 1. The van der Waals surface area contributed by atoms with Gasteiger partial charge in [0.2, 0.25) is 5.91 Å². The molecule has 0 radical (unpaired) electrons. The molecule has 0 fully saturated rings. The summed E-state index contributed by atoms with van der Waals surface area (Å²) >= 11 is 0. The summed E-state index contributed by atoms with van der Waals surface area (Å²) in [5.41, 5.74) is 1.26. The molecule has 0 aliphatic carbocycles. The lowest BCUT2D eigenvalue weighted by Gasteiger charge is -2.22. The molecule has 120 valence electrons. The lowest BCUT2D eigenvalue weighted by molar-refractivity contribution is -0.131. The monoisotopic (exact) mass is 293 g/mol. The van der Waals surface area contributed by atoms with E-state index in [0.717, 1.165) is 13.0 Å². The molecule has 1 heterocycles. The third kappa shape index (κ3) is 5.20. The van der Waals surface area contributed by atoms with E-state index in [1.54, 1.807) is 4.90 Å². The summed E-state index contributed by atoms with van der Waals surface area (Å²) in [4.78, 5) is 13.9. The number of amides is 1. The molecule has 4 heteroatoms. The number of rotatable bonds is 8. The van der Waals surface area contributed by atoms with Crippen molar-refractivity contribution in [2.75, 3.05) is 13.6 Å². The summed E-state index contributed by atoms with van der Waals surface area (Å²) in [5.74, 6) is 0.677. The molecule has 1 rings (SSSR count). The Kier molecular flexibility index (Phi) is 6.96. The molecule has 1 aromatic heterocycles. The van der Waals surface area contributed by atoms with Gasteiger partial charge in [0.25, 0.3) is 0 Å². The van der Waals surface area contributed by atoms with Crippen LogP contribution >= 0.6 is 0 Å². The molecule has 0 saturated heterocycles. The summed E-state index contributed by atoms with van der Waals surface area (Å²) in [6.45, 7) is 12.1. The van der Waals surface area contributed by atoms with Crippen LogP contribution in [0.1, 0.15) is 52.6 Å². The first-order valence-corrected chi connectivity index (χ1v) is 8.01. The summed E-state index contributed by atoms with van der Waals surface area (Å²) in [7, 11) is 1.86. The van der Waals surface area contributed by atoms with Crippen LogP contribution in [-0.4, -0.2) is 35.0 Å². The first-order chi connectivity index (χ1) is 9.86. The van der Waals surface area contributed by atoms with Crippen molar-refractivity contribution in [3.63, 3.8) is 0 Å². The lowest BCUT2D eigenvalue weighted by atomic mass is 9.98. The molecule has 0 aliphatic heterocycles. The Labute approximate surface area is 129 Å². The molecule has 1 N–H and O–H groups in total. The van der Waals surface area contributed by atoms with Gasteiger partial charge in [0.1, 0.15) is 6.54 Å². The van der Waals surface area contributed by atoms with E-state index in [-0.39, 0.29) is 11.9 Å². The highest BCUT2D eigenvalue weighted by atomic mass is 16.2. The maximum atomic E-state index is 12.1. The van der Waals surface area contributed by atoms with Gasteiger partial charge in [-0.25, -0.2) is 0 Å². The summed E-state index contributed by atoms with van der Waals surface area (Å²) < 4.78 is 1.99. The molecule has 0 bridgehead atoms. The van der Waals surface area contributed by atoms with Gasteiger partial charge < -0.3 is 14.8 Å². The van der Waals surface area contributed by atoms with E-state index < -0.39 is 0 Å². The maximum Gasteiger partial charge on any atom is 0.242 e. The Morgan fingerprint density at radius 3 is 2.52 bits per heavy atom. The van der Waals surface area contributed by atoms with E-state index in [1.165, 1.54) is 5.56 Å². The number of hydrogen-bond acceptors (Lipinski definition) is 2. The van der Waals surface area contributed by atoms with E-state index >= 15 is 0 Å². The van der Waals surface area contributed by atoms with Crippen molar-refractivity contribution in [2.24, 2.45) is 5.92 Å². The minimum atomic E-state index is 0.148. The van der Waals surface area contributed by atoms with Crippen LogP contribution in [0, 0.1) is 5.92 Å². The third-order valence-corrected chi connectivity index (χ3v) is 3.90. The fraction of sp³-hybridized carbons (Fsp3) is 0.706. The minimum absolute atomic E-state index is 0.148. The molecule has 0 aliphatic rings. The minimum Gasteiger partial charge on any atom is -0.345 e. The largest absolute Gasteiger partial charge is 0.345 e. The lowest BCUT2D eigenvalue weighted by Crippen LogP contribution is -2.35. The maximum absolute atomic E-state index is 12.1. The van der Waals surface area contributed by atoms with Crippen molar-refractivity contribution < 1.29 is 4.79 Å². The summed E-state index contributed by atoms with van der Waals surface area (Å²) in [6, 6.07) is 2.71. The Hall–Kier alpha value is -1.29.